The van der Waals surface area contributed by atoms with Gasteiger partial charge in [0.05, 0.1) is 23.8 Å². The van der Waals surface area contributed by atoms with E-state index in [-0.39, 0.29) is 5.97 Å². The van der Waals surface area contributed by atoms with Crippen molar-refractivity contribution in [1.29, 1.82) is 5.26 Å². The van der Waals surface area contributed by atoms with Crippen molar-refractivity contribution >= 4 is 29.1 Å². The quantitative estimate of drug-likeness (QED) is 0.641. The van der Waals surface area contributed by atoms with Gasteiger partial charge in [-0.2, -0.15) is 10.2 Å². The predicted molar refractivity (Wildman–Crippen MR) is 102 cm³/mol. The third kappa shape index (κ3) is 4.80. The molecular formula is C20H17N5O2. The van der Waals surface area contributed by atoms with Gasteiger partial charge in [-0.25, -0.2) is 9.78 Å². The molecule has 0 saturated carbocycles. The number of ether oxygens (including phenoxy) is 1. The third-order valence-electron chi connectivity index (χ3n) is 3.59. The third-order valence-corrected chi connectivity index (χ3v) is 3.59. The first kappa shape index (κ1) is 17.9. The smallest absolute Gasteiger partial charge is 0.338 e. The van der Waals surface area contributed by atoms with E-state index in [4.69, 9.17) is 10.00 Å². The van der Waals surface area contributed by atoms with E-state index in [1.807, 2.05) is 0 Å². The van der Waals surface area contributed by atoms with E-state index in [1.54, 1.807) is 67.7 Å². The maximum atomic E-state index is 11.7. The molecule has 0 aliphatic carbocycles. The molecule has 134 valence electrons. The van der Waals surface area contributed by atoms with Crippen molar-refractivity contribution < 1.29 is 9.53 Å². The van der Waals surface area contributed by atoms with E-state index in [0.29, 0.717) is 29.5 Å². The average molecular weight is 359 g/mol. The van der Waals surface area contributed by atoms with Gasteiger partial charge in [0, 0.05) is 17.6 Å². The lowest BCUT2D eigenvalue weighted by atomic mass is 10.2. The number of esters is 1. The van der Waals surface area contributed by atoms with E-state index in [1.165, 1.54) is 0 Å². The van der Waals surface area contributed by atoms with Crippen LogP contribution in [0.3, 0.4) is 0 Å². The van der Waals surface area contributed by atoms with Crippen molar-refractivity contribution in [2.45, 2.75) is 6.92 Å². The topological polar surface area (TPSA) is 99.9 Å². The van der Waals surface area contributed by atoms with E-state index < -0.39 is 0 Å². The van der Waals surface area contributed by atoms with Gasteiger partial charge in [0.2, 0.25) is 5.95 Å². The molecule has 0 atom stereocenters. The number of nitrogens with zero attached hydrogens (tertiary/aromatic N) is 3. The van der Waals surface area contributed by atoms with Crippen LogP contribution in [0.25, 0.3) is 0 Å². The van der Waals surface area contributed by atoms with Gasteiger partial charge in [0.1, 0.15) is 5.82 Å². The Hall–Kier alpha value is -3.92. The van der Waals surface area contributed by atoms with Crippen LogP contribution < -0.4 is 10.6 Å². The zero-order valence-corrected chi connectivity index (χ0v) is 14.6. The van der Waals surface area contributed by atoms with Gasteiger partial charge in [-0.15, -0.1) is 0 Å². The first-order valence-electron chi connectivity index (χ1n) is 8.32. The highest BCUT2D eigenvalue weighted by Gasteiger charge is 2.06. The van der Waals surface area contributed by atoms with Gasteiger partial charge in [0.25, 0.3) is 0 Å². The highest BCUT2D eigenvalue weighted by atomic mass is 16.5. The van der Waals surface area contributed by atoms with Crippen LogP contribution >= 0.6 is 0 Å². The van der Waals surface area contributed by atoms with Crippen LogP contribution in [0.1, 0.15) is 22.8 Å². The van der Waals surface area contributed by atoms with Gasteiger partial charge < -0.3 is 15.4 Å². The summed E-state index contributed by atoms with van der Waals surface area (Å²) in [6.45, 7) is 2.11. The summed E-state index contributed by atoms with van der Waals surface area (Å²) < 4.78 is 4.97. The number of carbonyl (C=O) groups excluding carboxylic acids is 1. The van der Waals surface area contributed by atoms with Crippen molar-refractivity contribution in [1.82, 2.24) is 9.97 Å². The second-order valence-electron chi connectivity index (χ2n) is 5.50. The molecule has 0 saturated heterocycles. The van der Waals surface area contributed by atoms with Gasteiger partial charge in [-0.05, 0) is 61.5 Å². The fraction of sp³-hybridized carbons (Fsp3) is 0.100. The Labute approximate surface area is 156 Å². The van der Waals surface area contributed by atoms with Gasteiger partial charge in [-0.1, -0.05) is 0 Å². The molecule has 3 aromatic rings. The summed E-state index contributed by atoms with van der Waals surface area (Å²) >= 11 is 0. The molecule has 2 aromatic carbocycles. The second kappa shape index (κ2) is 8.45. The zero-order chi connectivity index (χ0) is 19.1. The van der Waals surface area contributed by atoms with Crippen LogP contribution in [0.4, 0.5) is 23.1 Å². The molecule has 7 heteroatoms. The monoisotopic (exact) mass is 359 g/mol. The molecule has 0 fully saturated rings. The minimum Gasteiger partial charge on any atom is -0.462 e. The summed E-state index contributed by atoms with van der Waals surface area (Å²) in [5.41, 5.74) is 2.65. The maximum absolute atomic E-state index is 11.7. The molecule has 0 aliphatic heterocycles. The summed E-state index contributed by atoms with van der Waals surface area (Å²) in [6.07, 6.45) is 1.63. The highest BCUT2D eigenvalue weighted by Crippen LogP contribution is 2.18. The Morgan fingerprint density at radius 3 is 2.37 bits per heavy atom. The Kier molecular flexibility index (Phi) is 5.60. The SMILES string of the molecule is CCOC(=O)c1ccc(Nc2ccnc(Nc3ccc(C#N)cc3)n2)cc1. The van der Waals surface area contributed by atoms with E-state index in [0.717, 1.165) is 11.4 Å². The van der Waals surface area contributed by atoms with Crippen molar-refractivity contribution in [2.75, 3.05) is 17.2 Å². The van der Waals surface area contributed by atoms with Crippen LogP contribution in [0.5, 0.6) is 0 Å². The minimum absolute atomic E-state index is 0.342. The van der Waals surface area contributed by atoms with E-state index in [2.05, 4.69) is 26.7 Å². The summed E-state index contributed by atoms with van der Waals surface area (Å²) in [5, 5.41) is 15.1. The fourth-order valence-corrected chi connectivity index (χ4v) is 2.30. The molecule has 1 aromatic heterocycles. The van der Waals surface area contributed by atoms with Gasteiger partial charge in [0.15, 0.2) is 0 Å². The summed E-state index contributed by atoms with van der Waals surface area (Å²) in [6, 6.07) is 17.8. The average Bonchev–Trinajstić information content (AvgIpc) is 2.70. The standard InChI is InChI=1S/C20H17N5O2/c1-2-27-19(26)15-5-9-16(10-6-15)23-18-11-12-22-20(25-18)24-17-7-3-14(13-21)4-8-17/h3-12H,2H2,1H3,(H2,22,23,24,25). The number of nitrogens with one attached hydrogen (secondary N) is 2. The number of anilines is 4. The molecule has 0 radical (unpaired) electrons. The van der Waals surface area contributed by atoms with Crippen LogP contribution in [-0.4, -0.2) is 22.5 Å². The number of nitriles is 1. The molecule has 0 bridgehead atoms. The van der Waals surface area contributed by atoms with Crippen LogP contribution in [-0.2, 0) is 4.74 Å². The maximum Gasteiger partial charge on any atom is 0.338 e. The molecular weight excluding hydrogens is 342 g/mol. The molecule has 0 aliphatic rings. The fourth-order valence-electron chi connectivity index (χ4n) is 2.30. The van der Waals surface area contributed by atoms with Crippen LogP contribution in [0, 0.1) is 11.3 Å². The van der Waals surface area contributed by atoms with Crippen molar-refractivity contribution in [3.8, 4) is 6.07 Å². The number of hydrogen-bond acceptors (Lipinski definition) is 7. The van der Waals surface area contributed by atoms with Crippen LogP contribution in [0.15, 0.2) is 60.8 Å². The number of benzene rings is 2. The summed E-state index contributed by atoms with van der Waals surface area (Å²) in [5.74, 6) is 0.679. The first-order chi connectivity index (χ1) is 13.2. The molecule has 27 heavy (non-hydrogen) atoms. The molecule has 2 N–H and O–H groups in total. The minimum atomic E-state index is -0.347. The zero-order valence-electron chi connectivity index (χ0n) is 14.6. The Morgan fingerprint density at radius 1 is 1.04 bits per heavy atom. The number of hydrogen-bond donors (Lipinski definition) is 2. The number of rotatable bonds is 6. The van der Waals surface area contributed by atoms with Crippen molar-refractivity contribution in [3.05, 3.63) is 71.9 Å². The lowest BCUT2D eigenvalue weighted by Gasteiger charge is -2.09. The van der Waals surface area contributed by atoms with E-state index >= 15 is 0 Å². The molecule has 1 heterocycles. The summed E-state index contributed by atoms with van der Waals surface area (Å²) in [7, 11) is 0. The Bertz CT molecular complexity index is 963. The highest BCUT2D eigenvalue weighted by molar-refractivity contribution is 5.89. The number of carbonyl (C=O) groups is 1. The number of aromatic nitrogens is 2. The molecule has 3 rings (SSSR count). The second-order valence-corrected chi connectivity index (χ2v) is 5.50. The lowest BCUT2D eigenvalue weighted by molar-refractivity contribution is 0.0526. The summed E-state index contributed by atoms with van der Waals surface area (Å²) in [4.78, 5) is 20.3. The lowest BCUT2D eigenvalue weighted by Crippen LogP contribution is -2.04. The van der Waals surface area contributed by atoms with Crippen molar-refractivity contribution in [3.63, 3.8) is 0 Å². The normalized spacial score (nSPS) is 9.93. The Balaban J connectivity index is 1.68. The molecule has 0 amide bonds. The van der Waals surface area contributed by atoms with E-state index in [9.17, 15) is 4.79 Å². The van der Waals surface area contributed by atoms with Gasteiger partial charge in [-0.3, -0.25) is 0 Å². The molecule has 0 unspecified atom stereocenters. The molecule has 0 spiro atoms. The van der Waals surface area contributed by atoms with Gasteiger partial charge >= 0.3 is 5.97 Å². The largest absolute Gasteiger partial charge is 0.462 e. The van der Waals surface area contributed by atoms with Crippen LogP contribution in [0.2, 0.25) is 0 Å². The van der Waals surface area contributed by atoms with Crippen molar-refractivity contribution in [2.24, 2.45) is 0 Å². The first-order valence-corrected chi connectivity index (χ1v) is 8.32. The Morgan fingerprint density at radius 2 is 1.70 bits per heavy atom. The molecule has 7 nitrogen and oxygen atoms in total. The predicted octanol–water partition coefficient (Wildman–Crippen LogP) is 4.01.